The largest absolute Gasteiger partial charge is 0.465 e. The highest BCUT2D eigenvalue weighted by molar-refractivity contribution is 5.90. The number of ether oxygens (including phenoxy) is 2. The van der Waals surface area contributed by atoms with E-state index >= 15 is 0 Å². The number of nitrogens with two attached hydrogens (primary N) is 1. The summed E-state index contributed by atoms with van der Waals surface area (Å²) < 4.78 is 10.7. The third-order valence-corrected chi connectivity index (χ3v) is 4.45. The first-order valence-corrected chi connectivity index (χ1v) is 9.15. The third-order valence-electron chi connectivity index (χ3n) is 4.45. The molecule has 0 bridgehead atoms. The molecule has 2 heterocycles. The van der Waals surface area contributed by atoms with Crippen LogP contribution in [0.2, 0.25) is 0 Å². The second-order valence-corrected chi connectivity index (χ2v) is 6.52. The number of benzene rings is 2. The van der Waals surface area contributed by atoms with E-state index in [0.717, 1.165) is 16.6 Å². The summed E-state index contributed by atoms with van der Waals surface area (Å²) in [5.41, 5.74) is 9.24. The molecule has 30 heavy (non-hydrogen) atoms. The SMILES string of the molecule is COC(=O)c1ccc(Nc2ncnc(Oc3cccc4ccc(C)nc34)c2N)cc1. The number of para-hydroxylation sites is 1. The number of hydrogen-bond donors (Lipinski definition) is 2. The number of hydrogen-bond acceptors (Lipinski definition) is 8. The molecule has 0 amide bonds. The van der Waals surface area contributed by atoms with E-state index in [0.29, 0.717) is 22.8 Å². The van der Waals surface area contributed by atoms with Crippen LogP contribution in [-0.4, -0.2) is 28.0 Å². The van der Waals surface area contributed by atoms with Crippen LogP contribution in [0, 0.1) is 6.92 Å². The van der Waals surface area contributed by atoms with Crippen molar-refractivity contribution >= 4 is 34.1 Å². The molecule has 0 aliphatic rings. The fraction of sp³-hybridized carbons (Fsp3) is 0.0909. The number of anilines is 3. The van der Waals surface area contributed by atoms with Crippen LogP contribution >= 0.6 is 0 Å². The number of methoxy groups -OCH3 is 1. The van der Waals surface area contributed by atoms with Gasteiger partial charge in [-0.25, -0.2) is 14.8 Å². The summed E-state index contributed by atoms with van der Waals surface area (Å²) in [6, 6.07) is 16.3. The molecular formula is C22H19N5O3. The number of nitrogen functional groups attached to an aromatic ring is 1. The van der Waals surface area contributed by atoms with Crippen molar-refractivity contribution in [1.29, 1.82) is 0 Å². The molecule has 0 saturated carbocycles. The van der Waals surface area contributed by atoms with Crippen molar-refractivity contribution in [1.82, 2.24) is 15.0 Å². The van der Waals surface area contributed by atoms with Gasteiger partial charge >= 0.3 is 5.97 Å². The molecule has 2 aromatic carbocycles. The fourth-order valence-corrected chi connectivity index (χ4v) is 2.91. The first-order valence-electron chi connectivity index (χ1n) is 9.15. The molecule has 0 aliphatic heterocycles. The molecule has 2 aromatic heterocycles. The fourth-order valence-electron chi connectivity index (χ4n) is 2.91. The molecule has 0 fully saturated rings. The Bertz CT molecular complexity index is 1230. The molecule has 3 N–H and O–H groups in total. The Kier molecular flexibility index (Phi) is 5.13. The molecule has 8 heteroatoms. The van der Waals surface area contributed by atoms with Gasteiger partial charge in [0.1, 0.15) is 17.5 Å². The monoisotopic (exact) mass is 401 g/mol. The van der Waals surface area contributed by atoms with Crippen molar-refractivity contribution in [2.24, 2.45) is 0 Å². The van der Waals surface area contributed by atoms with Crippen molar-refractivity contribution in [2.45, 2.75) is 6.92 Å². The summed E-state index contributed by atoms with van der Waals surface area (Å²) in [5, 5.41) is 4.06. The number of carbonyl (C=O) groups excluding carboxylic acids is 1. The number of aromatic nitrogens is 3. The van der Waals surface area contributed by atoms with Crippen molar-refractivity contribution in [3.63, 3.8) is 0 Å². The van der Waals surface area contributed by atoms with Crippen LogP contribution in [0.4, 0.5) is 17.2 Å². The highest BCUT2D eigenvalue weighted by Crippen LogP contribution is 2.33. The molecule has 0 radical (unpaired) electrons. The van der Waals surface area contributed by atoms with Gasteiger partial charge in [-0.3, -0.25) is 0 Å². The topological polar surface area (TPSA) is 112 Å². The van der Waals surface area contributed by atoms with Crippen molar-refractivity contribution < 1.29 is 14.3 Å². The van der Waals surface area contributed by atoms with Gasteiger partial charge in [0.2, 0.25) is 5.88 Å². The summed E-state index contributed by atoms with van der Waals surface area (Å²) in [6.45, 7) is 1.92. The van der Waals surface area contributed by atoms with Crippen LogP contribution in [0.1, 0.15) is 16.1 Å². The van der Waals surface area contributed by atoms with Crippen LogP contribution in [0.15, 0.2) is 60.9 Å². The number of nitrogens with one attached hydrogen (secondary N) is 1. The molecule has 0 spiro atoms. The third kappa shape index (κ3) is 3.83. The predicted octanol–water partition coefficient (Wildman–Crippen LogP) is 4.24. The van der Waals surface area contributed by atoms with Gasteiger partial charge in [-0.05, 0) is 43.3 Å². The lowest BCUT2D eigenvalue weighted by Crippen LogP contribution is -2.04. The minimum atomic E-state index is -0.405. The molecule has 0 aliphatic carbocycles. The maximum atomic E-state index is 11.6. The molecule has 0 atom stereocenters. The van der Waals surface area contributed by atoms with E-state index in [4.69, 9.17) is 15.2 Å². The average molecular weight is 401 g/mol. The van der Waals surface area contributed by atoms with Gasteiger partial charge in [0.25, 0.3) is 0 Å². The number of aryl methyl sites for hydroxylation is 1. The first-order chi connectivity index (χ1) is 14.5. The van der Waals surface area contributed by atoms with Crippen LogP contribution in [-0.2, 0) is 4.74 Å². The molecule has 4 aromatic rings. The minimum Gasteiger partial charge on any atom is -0.465 e. The van der Waals surface area contributed by atoms with Crippen molar-refractivity contribution in [3.8, 4) is 11.6 Å². The Morgan fingerprint density at radius 3 is 2.60 bits per heavy atom. The summed E-state index contributed by atoms with van der Waals surface area (Å²) >= 11 is 0. The molecule has 150 valence electrons. The van der Waals surface area contributed by atoms with Gasteiger partial charge < -0.3 is 20.5 Å². The van der Waals surface area contributed by atoms with Crippen LogP contribution in [0.25, 0.3) is 10.9 Å². The highest BCUT2D eigenvalue weighted by atomic mass is 16.5. The van der Waals surface area contributed by atoms with Gasteiger partial charge in [0.05, 0.1) is 12.7 Å². The Hall–Kier alpha value is -4.20. The Morgan fingerprint density at radius 1 is 1.03 bits per heavy atom. The molecule has 8 nitrogen and oxygen atoms in total. The lowest BCUT2D eigenvalue weighted by molar-refractivity contribution is 0.0601. The summed E-state index contributed by atoms with van der Waals surface area (Å²) in [7, 11) is 1.34. The average Bonchev–Trinajstić information content (AvgIpc) is 2.77. The lowest BCUT2D eigenvalue weighted by atomic mass is 10.2. The quantitative estimate of drug-likeness (QED) is 0.478. The smallest absolute Gasteiger partial charge is 0.337 e. The van der Waals surface area contributed by atoms with Crippen LogP contribution < -0.4 is 15.8 Å². The zero-order valence-corrected chi connectivity index (χ0v) is 16.4. The standard InChI is InChI=1S/C22H19N5O3/c1-13-6-7-14-4-3-5-17(19(14)26-13)30-21-18(23)20(24-12-25-21)27-16-10-8-15(9-11-16)22(28)29-2/h3-12H,23H2,1-2H3,(H,24,25,27). The van der Waals surface area contributed by atoms with Crippen LogP contribution in [0.3, 0.4) is 0 Å². The summed E-state index contributed by atoms with van der Waals surface area (Å²) in [4.78, 5) is 24.5. The van der Waals surface area contributed by atoms with E-state index in [9.17, 15) is 4.79 Å². The normalized spacial score (nSPS) is 10.6. The Labute approximate surface area is 172 Å². The minimum absolute atomic E-state index is 0.217. The maximum Gasteiger partial charge on any atom is 0.337 e. The molecule has 4 rings (SSSR count). The molecular weight excluding hydrogens is 382 g/mol. The number of nitrogens with zero attached hydrogens (tertiary/aromatic N) is 3. The van der Waals surface area contributed by atoms with Gasteiger partial charge in [0, 0.05) is 16.8 Å². The second-order valence-electron chi connectivity index (χ2n) is 6.52. The van der Waals surface area contributed by atoms with Gasteiger partial charge in [-0.15, -0.1) is 0 Å². The van der Waals surface area contributed by atoms with Gasteiger partial charge in [0.15, 0.2) is 11.6 Å². The maximum absolute atomic E-state index is 11.6. The highest BCUT2D eigenvalue weighted by Gasteiger charge is 2.13. The molecule has 0 saturated heterocycles. The number of rotatable bonds is 5. The van der Waals surface area contributed by atoms with E-state index < -0.39 is 5.97 Å². The van der Waals surface area contributed by atoms with Crippen LogP contribution in [0.5, 0.6) is 11.6 Å². The number of carbonyl (C=O) groups is 1. The van der Waals surface area contributed by atoms with Crippen molar-refractivity contribution in [2.75, 3.05) is 18.2 Å². The van der Waals surface area contributed by atoms with E-state index in [1.54, 1.807) is 24.3 Å². The Balaban J connectivity index is 1.61. The van der Waals surface area contributed by atoms with Gasteiger partial charge in [-0.2, -0.15) is 4.98 Å². The van der Waals surface area contributed by atoms with Crippen molar-refractivity contribution in [3.05, 3.63) is 72.2 Å². The van der Waals surface area contributed by atoms with Gasteiger partial charge in [-0.1, -0.05) is 18.2 Å². The molecule has 0 unspecified atom stereocenters. The zero-order chi connectivity index (χ0) is 21.1. The van der Waals surface area contributed by atoms with E-state index in [-0.39, 0.29) is 11.6 Å². The van der Waals surface area contributed by atoms with E-state index in [1.807, 2.05) is 37.3 Å². The lowest BCUT2D eigenvalue weighted by Gasteiger charge is -2.13. The van der Waals surface area contributed by atoms with E-state index in [1.165, 1.54) is 13.4 Å². The second kappa shape index (κ2) is 8.04. The summed E-state index contributed by atoms with van der Waals surface area (Å²) in [6.07, 6.45) is 1.36. The predicted molar refractivity (Wildman–Crippen MR) is 114 cm³/mol. The number of esters is 1. The summed E-state index contributed by atoms with van der Waals surface area (Å²) in [5.74, 6) is 0.748. The van der Waals surface area contributed by atoms with E-state index in [2.05, 4.69) is 20.3 Å². The Morgan fingerprint density at radius 2 is 1.83 bits per heavy atom. The number of fused-ring (bicyclic) bond motifs is 1. The number of pyridine rings is 1. The zero-order valence-electron chi connectivity index (χ0n) is 16.4. The first kappa shape index (κ1) is 19.1.